The van der Waals surface area contributed by atoms with Crippen LogP contribution >= 0.6 is 0 Å². The highest BCUT2D eigenvalue weighted by molar-refractivity contribution is 5.59. The second-order valence-corrected chi connectivity index (χ2v) is 5.34. The Morgan fingerprint density at radius 3 is 2.32 bits per heavy atom. The maximum Gasteiger partial charge on any atom is 0.269 e. The van der Waals surface area contributed by atoms with Crippen molar-refractivity contribution in [3.63, 3.8) is 0 Å². The fourth-order valence-corrected chi connectivity index (χ4v) is 2.12. The Balaban J connectivity index is 1.92. The zero-order valence-electron chi connectivity index (χ0n) is 14.2. The number of ether oxygens (including phenoxy) is 1. The summed E-state index contributed by atoms with van der Waals surface area (Å²) in [6.07, 6.45) is 12.6. The maximum atomic E-state index is 10.6. The number of hydrogen-bond donors (Lipinski definition) is 0. The van der Waals surface area contributed by atoms with E-state index >= 15 is 0 Å². The first-order valence-corrected chi connectivity index (χ1v) is 8.18. The lowest BCUT2D eigenvalue weighted by molar-refractivity contribution is -0.384. The molecule has 2 aromatic carbocycles. The fourth-order valence-electron chi connectivity index (χ4n) is 2.12. The van der Waals surface area contributed by atoms with E-state index in [1.54, 1.807) is 12.1 Å². The van der Waals surface area contributed by atoms with Gasteiger partial charge in [0.25, 0.3) is 5.69 Å². The van der Waals surface area contributed by atoms with E-state index in [0.29, 0.717) is 6.61 Å². The van der Waals surface area contributed by atoms with Gasteiger partial charge in [-0.2, -0.15) is 0 Å². The van der Waals surface area contributed by atoms with Crippen LogP contribution < -0.4 is 4.74 Å². The summed E-state index contributed by atoms with van der Waals surface area (Å²) in [6.45, 7) is 2.79. The first-order chi connectivity index (χ1) is 12.2. The first kappa shape index (κ1) is 18.2. The third-order valence-corrected chi connectivity index (χ3v) is 3.38. The Morgan fingerprint density at radius 2 is 1.64 bits per heavy atom. The van der Waals surface area contributed by atoms with E-state index in [4.69, 9.17) is 4.74 Å². The van der Waals surface area contributed by atoms with Crippen molar-refractivity contribution in [2.24, 2.45) is 0 Å². The largest absolute Gasteiger partial charge is 0.493 e. The van der Waals surface area contributed by atoms with E-state index in [1.165, 1.54) is 12.1 Å². The summed E-state index contributed by atoms with van der Waals surface area (Å²) in [5, 5.41) is 10.6. The molecule has 0 aliphatic rings. The highest BCUT2D eigenvalue weighted by atomic mass is 16.6. The summed E-state index contributed by atoms with van der Waals surface area (Å²) < 4.78 is 5.71. The normalized spacial score (nSPS) is 11.6. The molecule has 0 aliphatic carbocycles. The van der Waals surface area contributed by atoms with E-state index in [2.05, 4.69) is 6.92 Å². The van der Waals surface area contributed by atoms with Crippen LogP contribution in [0.15, 0.2) is 72.8 Å². The van der Waals surface area contributed by atoms with Gasteiger partial charge in [-0.1, -0.05) is 61.6 Å². The number of non-ortho nitro benzene ring substituents is 1. The van der Waals surface area contributed by atoms with Gasteiger partial charge in [-0.3, -0.25) is 10.1 Å². The monoisotopic (exact) mass is 335 g/mol. The Hall–Kier alpha value is -3.14. The minimum atomic E-state index is -0.403. The molecule has 0 unspecified atom stereocenters. The van der Waals surface area contributed by atoms with Gasteiger partial charge in [0, 0.05) is 17.7 Å². The molecule has 2 aromatic rings. The lowest BCUT2D eigenvalue weighted by Crippen LogP contribution is -1.96. The Bertz CT molecular complexity index is 774. The lowest BCUT2D eigenvalue weighted by Gasteiger charge is -2.07. The minimum absolute atomic E-state index is 0.0968. The molecule has 128 valence electrons. The van der Waals surface area contributed by atoms with Crippen LogP contribution in [0, 0.1) is 10.1 Å². The molecule has 0 saturated carbocycles. The molecule has 0 amide bonds. The van der Waals surface area contributed by atoms with Gasteiger partial charge in [0.05, 0.1) is 11.5 Å². The fraction of sp³-hybridized carbons (Fsp3) is 0.143. The molecule has 25 heavy (non-hydrogen) atoms. The van der Waals surface area contributed by atoms with Crippen molar-refractivity contribution in [3.8, 4) is 5.75 Å². The number of nitro benzene ring substituents is 1. The quantitative estimate of drug-likeness (QED) is 0.355. The molecule has 0 radical (unpaired) electrons. The van der Waals surface area contributed by atoms with Crippen molar-refractivity contribution in [2.75, 3.05) is 6.61 Å². The number of allylic oxidation sites excluding steroid dienone is 4. The van der Waals surface area contributed by atoms with Crippen LogP contribution in [0.4, 0.5) is 5.69 Å². The van der Waals surface area contributed by atoms with Gasteiger partial charge >= 0.3 is 0 Å². The SMILES string of the molecule is CCCOc1ccccc1/C=C/C=C/C=C/c1ccc([N+](=O)[O-])cc1. The van der Waals surface area contributed by atoms with Crippen molar-refractivity contribution in [3.05, 3.63) is 94.1 Å². The lowest BCUT2D eigenvalue weighted by atomic mass is 10.2. The Morgan fingerprint density at radius 1 is 0.960 bits per heavy atom. The minimum Gasteiger partial charge on any atom is -0.493 e. The molecule has 0 aliphatic heterocycles. The van der Waals surface area contributed by atoms with Crippen molar-refractivity contribution in [2.45, 2.75) is 13.3 Å². The molecule has 0 bridgehead atoms. The van der Waals surface area contributed by atoms with E-state index in [0.717, 1.165) is 23.3 Å². The van der Waals surface area contributed by atoms with Gasteiger partial charge in [-0.05, 0) is 30.2 Å². The molecule has 2 rings (SSSR count). The summed E-state index contributed by atoms with van der Waals surface area (Å²) in [7, 11) is 0. The van der Waals surface area contributed by atoms with Crippen molar-refractivity contribution < 1.29 is 9.66 Å². The van der Waals surface area contributed by atoms with Crippen molar-refractivity contribution >= 4 is 17.8 Å². The highest BCUT2D eigenvalue weighted by Crippen LogP contribution is 2.19. The van der Waals surface area contributed by atoms with Crippen LogP contribution in [-0.2, 0) is 0 Å². The van der Waals surface area contributed by atoms with Gasteiger partial charge in [0.1, 0.15) is 5.75 Å². The standard InChI is InChI=1S/C21H21NO3/c1-2-17-25-21-12-8-7-11-19(21)10-6-4-3-5-9-18-13-15-20(16-14-18)22(23)24/h3-16H,2,17H2,1H3/b4-3+,9-5+,10-6+. The summed E-state index contributed by atoms with van der Waals surface area (Å²) in [5.41, 5.74) is 2.05. The van der Waals surface area contributed by atoms with E-state index in [-0.39, 0.29) is 5.69 Å². The van der Waals surface area contributed by atoms with Gasteiger partial charge in [-0.15, -0.1) is 0 Å². The molecule has 4 nitrogen and oxygen atoms in total. The van der Waals surface area contributed by atoms with Crippen LogP contribution in [0.2, 0.25) is 0 Å². The number of rotatable bonds is 8. The summed E-state index contributed by atoms with van der Waals surface area (Å²) in [5.74, 6) is 0.885. The average Bonchev–Trinajstić information content (AvgIpc) is 2.64. The van der Waals surface area contributed by atoms with E-state index in [1.807, 2.05) is 60.7 Å². The van der Waals surface area contributed by atoms with Crippen molar-refractivity contribution in [1.82, 2.24) is 0 Å². The number of nitro groups is 1. The molecule has 0 fully saturated rings. The smallest absolute Gasteiger partial charge is 0.269 e. The number of hydrogen-bond acceptors (Lipinski definition) is 3. The van der Waals surface area contributed by atoms with E-state index in [9.17, 15) is 10.1 Å². The first-order valence-electron chi connectivity index (χ1n) is 8.18. The maximum absolute atomic E-state index is 10.6. The number of benzene rings is 2. The molecule has 4 heteroatoms. The van der Waals surface area contributed by atoms with Crippen LogP contribution in [-0.4, -0.2) is 11.5 Å². The number of nitrogens with zero attached hydrogens (tertiary/aromatic N) is 1. The zero-order valence-corrected chi connectivity index (χ0v) is 14.2. The second kappa shape index (κ2) is 9.88. The summed E-state index contributed by atoms with van der Waals surface area (Å²) in [4.78, 5) is 10.2. The van der Waals surface area contributed by atoms with Gasteiger partial charge in [0.15, 0.2) is 0 Å². The average molecular weight is 335 g/mol. The summed E-state index contributed by atoms with van der Waals surface area (Å²) in [6, 6.07) is 14.4. The molecule has 0 N–H and O–H groups in total. The third-order valence-electron chi connectivity index (χ3n) is 3.38. The second-order valence-electron chi connectivity index (χ2n) is 5.34. The van der Waals surface area contributed by atoms with Gasteiger partial charge < -0.3 is 4.74 Å². The molecule has 0 heterocycles. The predicted molar refractivity (Wildman–Crippen MR) is 103 cm³/mol. The predicted octanol–water partition coefficient (Wildman–Crippen LogP) is 5.67. The third kappa shape index (κ3) is 6.11. The summed E-state index contributed by atoms with van der Waals surface area (Å²) >= 11 is 0. The van der Waals surface area contributed by atoms with Crippen molar-refractivity contribution in [1.29, 1.82) is 0 Å². The molecule has 0 saturated heterocycles. The van der Waals surface area contributed by atoms with Crippen LogP contribution in [0.1, 0.15) is 24.5 Å². The molecular formula is C21H21NO3. The molecule has 0 atom stereocenters. The molecule has 0 spiro atoms. The van der Waals surface area contributed by atoms with Crippen LogP contribution in [0.5, 0.6) is 5.75 Å². The number of para-hydroxylation sites is 1. The van der Waals surface area contributed by atoms with Gasteiger partial charge in [0.2, 0.25) is 0 Å². The zero-order chi connectivity index (χ0) is 17.9. The Labute approximate surface area is 147 Å². The van der Waals surface area contributed by atoms with E-state index < -0.39 is 4.92 Å². The Kier molecular flexibility index (Phi) is 7.19. The van der Waals surface area contributed by atoms with Crippen LogP contribution in [0.3, 0.4) is 0 Å². The molecule has 0 aromatic heterocycles. The van der Waals surface area contributed by atoms with Gasteiger partial charge in [-0.25, -0.2) is 0 Å². The van der Waals surface area contributed by atoms with Crippen LogP contribution in [0.25, 0.3) is 12.2 Å². The molecular weight excluding hydrogens is 314 g/mol. The highest BCUT2D eigenvalue weighted by Gasteiger charge is 2.01. The topological polar surface area (TPSA) is 52.4 Å².